The van der Waals surface area contributed by atoms with Crippen LogP contribution in [0.5, 0.6) is 0 Å². The third-order valence-corrected chi connectivity index (χ3v) is 5.14. The fourth-order valence-electron chi connectivity index (χ4n) is 2.54. The zero-order chi connectivity index (χ0) is 13.0. The average molecular weight is 264 g/mol. The number of rotatable bonds is 5. The maximum absolute atomic E-state index is 5.96. The summed E-state index contributed by atoms with van der Waals surface area (Å²) < 4.78 is 5.96. The Morgan fingerprint density at radius 2 is 2.00 bits per heavy atom. The zero-order valence-electron chi connectivity index (χ0n) is 11.6. The molecule has 0 unspecified atom stereocenters. The molecule has 0 N–H and O–H groups in total. The Morgan fingerprint density at radius 1 is 1.28 bits per heavy atom. The molecular formula is C16H24OS. The van der Waals surface area contributed by atoms with Gasteiger partial charge < -0.3 is 4.74 Å². The number of hydrogen-bond donors (Lipinski definition) is 0. The van der Waals surface area contributed by atoms with E-state index >= 15 is 0 Å². The van der Waals surface area contributed by atoms with Crippen LogP contribution in [0.25, 0.3) is 0 Å². The summed E-state index contributed by atoms with van der Waals surface area (Å²) in [4.78, 5) is 0. The predicted molar refractivity (Wildman–Crippen MR) is 79.9 cm³/mol. The van der Waals surface area contributed by atoms with Crippen LogP contribution < -0.4 is 0 Å². The largest absolute Gasteiger partial charge is 0.377 e. The molecule has 1 aliphatic heterocycles. The Bertz CT molecular complexity index is 349. The minimum Gasteiger partial charge on any atom is -0.377 e. The lowest BCUT2D eigenvalue weighted by molar-refractivity contribution is 0.0927. The molecule has 100 valence electrons. The Labute approximate surface area is 115 Å². The zero-order valence-corrected chi connectivity index (χ0v) is 12.5. The molecule has 0 saturated carbocycles. The standard InChI is InChI=1S/C16H24OS/c1-12(2)9-15-16(13(3)10-17-15)18-11-14-7-5-4-6-8-14/h4-8,12-13,15-16H,9-11H2,1-3H3/t13-,15-,16+/m0/s1. The Hall–Kier alpha value is -0.470. The van der Waals surface area contributed by atoms with Crippen molar-refractivity contribution >= 4 is 11.8 Å². The summed E-state index contributed by atoms with van der Waals surface area (Å²) in [5.41, 5.74) is 1.42. The van der Waals surface area contributed by atoms with Crippen LogP contribution in [0, 0.1) is 11.8 Å². The monoisotopic (exact) mass is 264 g/mol. The molecule has 1 fully saturated rings. The average Bonchev–Trinajstić information content (AvgIpc) is 2.68. The summed E-state index contributed by atoms with van der Waals surface area (Å²) in [6.07, 6.45) is 1.64. The lowest BCUT2D eigenvalue weighted by atomic mass is 10.00. The van der Waals surface area contributed by atoms with Gasteiger partial charge in [0.05, 0.1) is 12.7 Å². The molecule has 3 atom stereocenters. The molecule has 18 heavy (non-hydrogen) atoms. The molecule has 2 heteroatoms. The fraction of sp³-hybridized carbons (Fsp3) is 0.625. The lowest BCUT2D eigenvalue weighted by Crippen LogP contribution is -2.24. The first kappa shape index (κ1) is 14.0. The van der Waals surface area contributed by atoms with E-state index in [0.29, 0.717) is 17.3 Å². The molecule has 0 spiro atoms. The number of hydrogen-bond acceptors (Lipinski definition) is 2. The molecular weight excluding hydrogens is 240 g/mol. The maximum atomic E-state index is 5.96. The van der Waals surface area contributed by atoms with Crippen LogP contribution in [0.3, 0.4) is 0 Å². The minimum atomic E-state index is 0.453. The van der Waals surface area contributed by atoms with Crippen LogP contribution in [0.4, 0.5) is 0 Å². The van der Waals surface area contributed by atoms with Crippen molar-refractivity contribution in [3.63, 3.8) is 0 Å². The summed E-state index contributed by atoms with van der Waals surface area (Å²) >= 11 is 2.07. The SMILES string of the molecule is CC(C)C[C@@H]1OC[C@H](C)[C@H]1SCc1ccccc1. The van der Waals surface area contributed by atoms with Crippen LogP contribution in [0.15, 0.2) is 30.3 Å². The van der Waals surface area contributed by atoms with Crippen LogP contribution in [0.2, 0.25) is 0 Å². The van der Waals surface area contributed by atoms with Crippen molar-refractivity contribution < 1.29 is 4.74 Å². The van der Waals surface area contributed by atoms with Gasteiger partial charge in [0.2, 0.25) is 0 Å². The molecule has 1 heterocycles. The van der Waals surface area contributed by atoms with Gasteiger partial charge in [-0.05, 0) is 23.8 Å². The van der Waals surface area contributed by atoms with Gasteiger partial charge in [-0.2, -0.15) is 11.8 Å². The van der Waals surface area contributed by atoms with Gasteiger partial charge in [0.1, 0.15) is 0 Å². The highest BCUT2D eigenvalue weighted by Crippen LogP contribution is 2.35. The highest BCUT2D eigenvalue weighted by Gasteiger charge is 2.34. The minimum absolute atomic E-state index is 0.453. The van der Waals surface area contributed by atoms with Crippen LogP contribution in [0.1, 0.15) is 32.8 Å². The van der Waals surface area contributed by atoms with E-state index in [2.05, 4.69) is 62.9 Å². The topological polar surface area (TPSA) is 9.23 Å². The van der Waals surface area contributed by atoms with Gasteiger partial charge in [-0.25, -0.2) is 0 Å². The van der Waals surface area contributed by atoms with E-state index in [1.54, 1.807) is 0 Å². The molecule has 1 aromatic rings. The van der Waals surface area contributed by atoms with Crippen LogP contribution in [-0.2, 0) is 10.5 Å². The predicted octanol–water partition coefficient (Wildman–Crippen LogP) is 4.37. The van der Waals surface area contributed by atoms with Crippen molar-refractivity contribution in [3.8, 4) is 0 Å². The smallest absolute Gasteiger partial charge is 0.0699 e. The fourth-order valence-corrected chi connectivity index (χ4v) is 3.93. The van der Waals surface area contributed by atoms with Crippen molar-refractivity contribution in [1.82, 2.24) is 0 Å². The summed E-state index contributed by atoms with van der Waals surface area (Å²) in [5.74, 6) is 2.51. The Kier molecular flexibility index (Phi) is 5.13. The van der Waals surface area contributed by atoms with Gasteiger partial charge >= 0.3 is 0 Å². The van der Waals surface area contributed by atoms with Gasteiger partial charge in [0.25, 0.3) is 0 Å². The van der Waals surface area contributed by atoms with Gasteiger partial charge in [-0.3, -0.25) is 0 Å². The summed E-state index contributed by atoms with van der Waals surface area (Å²) in [6, 6.07) is 10.7. The summed E-state index contributed by atoms with van der Waals surface area (Å²) in [5, 5.41) is 0.660. The van der Waals surface area contributed by atoms with E-state index < -0.39 is 0 Å². The van der Waals surface area contributed by atoms with Gasteiger partial charge in [0.15, 0.2) is 0 Å². The molecule has 1 aliphatic rings. The van der Waals surface area contributed by atoms with E-state index in [9.17, 15) is 0 Å². The summed E-state index contributed by atoms with van der Waals surface area (Å²) in [6.45, 7) is 7.82. The van der Waals surface area contributed by atoms with Gasteiger partial charge in [-0.1, -0.05) is 51.1 Å². The summed E-state index contributed by atoms with van der Waals surface area (Å²) in [7, 11) is 0. The molecule has 1 saturated heterocycles. The van der Waals surface area contributed by atoms with E-state index in [1.807, 2.05) is 0 Å². The first-order valence-electron chi connectivity index (χ1n) is 6.94. The highest BCUT2D eigenvalue weighted by molar-refractivity contribution is 7.99. The van der Waals surface area contributed by atoms with Crippen molar-refractivity contribution in [2.24, 2.45) is 11.8 Å². The second kappa shape index (κ2) is 6.63. The van der Waals surface area contributed by atoms with Gasteiger partial charge in [0, 0.05) is 11.0 Å². The lowest BCUT2D eigenvalue weighted by Gasteiger charge is -2.22. The second-order valence-corrected chi connectivity index (χ2v) is 6.91. The third kappa shape index (κ3) is 3.76. The second-order valence-electron chi connectivity index (χ2n) is 5.74. The molecule has 0 radical (unpaired) electrons. The van der Waals surface area contributed by atoms with E-state index in [0.717, 1.165) is 18.3 Å². The first-order valence-corrected chi connectivity index (χ1v) is 7.99. The Balaban J connectivity index is 1.89. The maximum Gasteiger partial charge on any atom is 0.0699 e. The van der Waals surface area contributed by atoms with Crippen molar-refractivity contribution in [3.05, 3.63) is 35.9 Å². The van der Waals surface area contributed by atoms with Crippen LogP contribution in [-0.4, -0.2) is 18.0 Å². The third-order valence-electron chi connectivity index (χ3n) is 3.49. The molecule has 0 aliphatic carbocycles. The first-order chi connectivity index (χ1) is 8.66. The molecule has 0 amide bonds. The molecule has 1 aromatic carbocycles. The number of thioether (sulfide) groups is 1. The molecule has 0 aromatic heterocycles. The highest BCUT2D eigenvalue weighted by atomic mass is 32.2. The quantitative estimate of drug-likeness (QED) is 0.781. The van der Waals surface area contributed by atoms with Crippen molar-refractivity contribution in [1.29, 1.82) is 0 Å². The van der Waals surface area contributed by atoms with E-state index in [1.165, 1.54) is 12.0 Å². The van der Waals surface area contributed by atoms with Crippen molar-refractivity contribution in [2.45, 2.75) is 44.3 Å². The molecule has 1 nitrogen and oxygen atoms in total. The van der Waals surface area contributed by atoms with E-state index in [-0.39, 0.29) is 0 Å². The van der Waals surface area contributed by atoms with E-state index in [4.69, 9.17) is 4.74 Å². The molecule has 2 rings (SSSR count). The van der Waals surface area contributed by atoms with Crippen molar-refractivity contribution in [2.75, 3.05) is 6.61 Å². The van der Waals surface area contributed by atoms with Crippen LogP contribution >= 0.6 is 11.8 Å². The number of ether oxygens (including phenoxy) is 1. The Morgan fingerprint density at radius 3 is 2.67 bits per heavy atom. The number of benzene rings is 1. The molecule has 0 bridgehead atoms. The normalized spacial score (nSPS) is 27.9. The van der Waals surface area contributed by atoms with Gasteiger partial charge in [-0.15, -0.1) is 0 Å².